The molecule has 0 spiro atoms. The summed E-state index contributed by atoms with van der Waals surface area (Å²) in [5.41, 5.74) is 0. The van der Waals surface area contributed by atoms with E-state index in [0.29, 0.717) is 6.42 Å². The van der Waals surface area contributed by atoms with Gasteiger partial charge >= 0.3 is 7.60 Å². The van der Waals surface area contributed by atoms with Crippen molar-refractivity contribution >= 4 is 24.6 Å². The first-order valence-electron chi connectivity index (χ1n) is 6.61. The summed E-state index contributed by atoms with van der Waals surface area (Å²) in [6.07, 6.45) is 12.0. The van der Waals surface area contributed by atoms with Gasteiger partial charge in [-0.3, -0.25) is 4.57 Å². The van der Waals surface area contributed by atoms with E-state index in [-0.39, 0.29) is 29.3 Å². The van der Waals surface area contributed by atoms with Crippen LogP contribution >= 0.6 is 24.6 Å². The summed E-state index contributed by atoms with van der Waals surface area (Å²) >= 11 is 0. The third-order valence-electron chi connectivity index (χ3n) is 2.80. The quantitative estimate of drug-likeness (QED) is 0.368. The van der Waals surface area contributed by atoms with Gasteiger partial charge in [-0.1, -0.05) is 64.7 Å². The standard InChI is InChI=1S/C12H27O3P.BrH.H3N/c1-2-3-4-5-6-7-8-9-10-11-12-16(13,14)15;;/h2-12H2,1H3,(H2,13,14,15);1H;1H3. The van der Waals surface area contributed by atoms with Crippen molar-refractivity contribution in [1.82, 2.24) is 6.15 Å². The molecule has 0 saturated carbocycles. The molecule has 0 aliphatic heterocycles. The molecular weight excluding hydrogens is 317 g/mol. The monoisotopic (exact) mass is 347 g/mol. The summed E-state index contributed by atoms with van der Waals surface area (Å²) in [5.74, 6) is 0. The summed E-state index contributed by atoms with van der Waals surface area (Å²) in [6, 6.07) is 0. The SMILES string of the molecule is Br.CCCCCCCCCCCCP(=O)(O)O.N. The lowest BCUT2D eigenvalue weighted by molar-refractivity contribution is 0.370. The van der Waals surface area contributed by atoms with Crippen LogP contribution in [0.15, 0.2) is 0 Å². The van der Waals surface area contributed by atoms with E-state index < -0.39 is 7.60 Å². The number of hydrogen-bond acceptors (Lipinski definition) is 2. The highest BCUT2D eigenvalue weighted by Gasteiger charge is 2.10. The summed E-state index contributed by atoms with van der Waals surface area (Å²) in [4.78, 5) is 17.3. The first-order valence-corrected chi connectivity index (χ1v) is 8.40. The second-order valence-electron chi connectivity index (χ2n) is 4.57. The molecule has 0 aliphatic rings. The van der Waals surface area contributed by atoms with Crippen LogP contribution in [0.3, 0.4) is 0 Å². The summed E-state index contributed by atoms with van der Waals surface area (Å²) in [6.45, 7) is 2.22. The highest BCUT2D eigenvalue weighted by molar-refractivity contribution is 8.93. The van der Waals surface area contributed by atoms with E-state index >= 15 is 0 Å². The van der Waals surface area contributed by atoms with Gasteiger partial charge in [-0.05, 0) is 6.42 Å². The highest BCUT2D eigenvalue weighted by atomic mass is 79.9. The van der Waals surface area contributed by atoms with E-state index in [9.17, 15) is 4.57 Å². The van der Waals surface area contributed by atoms with Gasteiger partial charge in [-0.15, -0.1) is 17.0 Å². The van der Waals surface area contributed by atoms with Crippen molar-refractivity contribution in [3.63, 3.8) is 0 Å². The highest BCUT2D eigenvalue weighted by Crippen LogP contribution is 2.35. The second kappa shape index (κ2) is 15.6. The average molecular weight is 348 g/mol. The predicted molar refractivity (Wildman–Crippen MR) is 84.1 cm³/mol. The zero-order valence-corrected chi connectivity index (χ0v) is 14.3. The first kappa shape index (κ1) is 23.7. The van der Waals surface area contributed by atoms with Crippen molar-refractivity contribution in [3.8, 4) is 0 Å². The van der Waals surface area contributed by atoms with Gasteiger partial charge in [-0.2, -0.15) is 0 Å². The first-order chi connectivity index (χ1) is 7.56. The fraction of sp³-hybridized carbons (Fsp3) is 1.00. The Morgan fingerprint density at radius 1 is 0.778 bits per heavy atom. The smallest absolute Gasteiger partial charge is 0.325 e. The minimum Gasteiger partial charge on any atom is -0.344 e. The zero-order valence-electron chi connectivity index (χ0n) is 11.6. The van der Waals surface area contributed by atoms with Crippen molar-refractivity contribution in [2.45, 2.75) is 71.1 Å². The van der Waals surface area contributed by atoms with Crippen LogP contribution < -0.4 is 6.15 Å². The molecule has 5 N–H and O–H groups in total. The second-order valence-corrected chi connectivity index (χ2v) is 6.35. The normalized spacial score (nSPS) is 10.6. The third-order valence-corrected chi connectivity index (χ3v) is 3.70. The van der Waals surface area contributed by atoms with Crippen LogP contribution in [-0.2, 0) is 4.57 Å². The maximum absolute atomic E-state index is 10.6. The van der Waals surface area contributed by atoms with Crippen LogP contribution in [0.1, 0.15) is 71.1 Å². The van der Waals surface area contributed by atoms with Crippen LogP contribution in [-0.4, -0.2) is 15.9 Å². The number of hydrogen-bond donors (Lipinski definition) is 3. The average Bonchev–Trinajstić information content (AvgIpc) is 2.19. The van der Waals surface area contributed by atoms with E-state index in [0.717, 1.165) is 12.8 Å². The number of unbranched alkanes of at least 4 members (excludes halogenated alkanes) is 9. The van der Waals surface area contributed by atoms with Crippen LogP contribution in [0.5, 0.6) is 0 Å². The van der Waals surface area contributed by atoms with Gasteiger partial charge in [0.05, 0.1) is 0 Å². The van der Waals surface area contributed by atoms with Crippen LogP contribution in [0, 0.1) is 0 Å². The molecule has 0 rings (SSSR count). The van der Waals surface area contributed by atoms with Crippen LogP contribution in [0.25, 0.3) is 0 Å². The topological polar surface area (TPSA) is 92.5 Å². The van der Waals surface area contributed by atoms with Crippen LogP contribution in [0.4, 0.5) is 0 Å². The number of halogens is 1. The molecule has 6 heteroatoms. The molecular formula is C12H31BrNO3P. The molecule has 0 amide bonds. The molecule has 0 radical (unpaired) electrons. The molecule has 114 valence electrons. The van der Waals surface area contributed by atoms with Crippen molar-refractivity contribution in [3.05, 3.63) is 0 Å². The molecule has 0 unspecified atom stereocenters. The van der Waals surface area contributed by atoms with E-state index in [1.54, 1.807) is 0 Å². The van der Waals surface area contributed by atoms with E-state index in [2.05, 4.69) is 6.92 Å². The minimum atomic E-state index is -3.74. The fourth-order valence-electron chi connectivity index (χ4n) is 1.81. The Hall–Kier alpha value is 0.590. The number of rotatable bonds is 11. The van der Waals surface area contributed by atoms with Crippen molar-refractivity contribution in [2.24, 2.45) is 0 Å². The van der Waals surface area contributed by atoms with Gasteiger partial charge in [0.15, 0.2) is 0 Å². The van der Waals surface area contributed by atoms with Gasteiger partial charge in [0.2, 0.25) is 0 Å². The zero-order chi connectivity index (χ0) is 12.3. The predicted octanol–water partition coefficient (Wildman–Crippen LogP) is 4.82. The molecule has 0 aliphatic carbocycles. The van der Waals surface area contributed by atoms with Crippen molar-refractivity contribution in [1.29, 1.82) is 0 Å². The maximum atomic E-state index is 10.6. The van der Waals surface area contributed by atoms with Gasteiger partial charge in [0.1, 0.15) is 0 Å². The molecule has 4 nitrogen and oxygen atoms in total. The minimum absolute atomic E-state index is 0. The Balaban J connectivity index is -0.00000112. The molecule has 0 aromatic carbocycles. The Labute approximate surface area is 122 Å². The van der Waals surface area contributed by atoms with E-state index in [4.69, 9.17) is 9.79 Å². The molecule has 0 bridgehead atoms. The van der Waals surface area contributed by atoms with Gasteiger partial charge in [0.25, 0.3) is 0 Å². The lowest BCUT2D eigenvalue weighted by atomic mass is 10.1. The molecule has 0 aromatic rings. The Bertz CT molecular complexity index is 200. The van der Waals surface area contributed by atoms with Gasteiger partial charge in [0, 0.05) is 6.16 Å². The largest absolute Gasteiger partial charge is 0.344 e. The molecule has 0 atom stereocenters. The van der Waals surface area contributed by atoms with Gasteiger partial charge in [-0.25, -0.2) is 0 Å². The van der Waals surface area contributed by atoms with Gasteiger partial charge < -0.3 is 15.9 Å². The Kier molecular flexibility index (Phi) is 20.6. The third kappa shape index (κ3) is 21.8. The molecule has 0 aromatic heterocycles. The summed E-state index contributed by atoms with van der Waals surface area (Å²) in [7, 11) is -3.74. The summed E-state index contributed by atoms with van der Waals surface area (Å²) < 4.78 is 10.6. The van der Waals surface area contributed by atoms with E-state index in [1.165, 1.54) is 44.9 Å². The summed E-state index contributed by atoms with van der Waals surface area (Å²) in [5, 5.41) is 0. The van der Waals surface area contributed by atoms with Crippen LogP contribution in [0.2, 0.25) is 0 Å². The van der Waals surface area contributed by atoms with Crippen molar-refractivity contribution in [2.75, 3.05) is 6.16 Å². The molecule has 0 heterocycles. The molecule has 0 fully saturated rings. The maximum Gasteiger partial charge on any atom is 0.325 e. The Morgan fingerprint density at radius 3 is 1.44 bits per heavy atom. The Morgan fingerprint density at radius 2 is 1.11 bits per heavy atom. The fourth-order valence-corrected chi connectivity index (χ4v) is 2.44. The van der Waals surface area contributed by atoms with Crippen molar-refractivity contribution < 1.29 is 14.4 Å². The lowest BCUT2D eigenvalue weighted by Gasteiger charge is -2.03. The lowest BCUT2D eigenvalue weighted by Crippen LogP contribution is -1.88. The molecule has 18 heavy (non-hydrogen) atoms. The van der Waals surface area contributed by atoms with E-state index in [1.807, 2.05) is 0 Å². The molecule has 0 saturated heterocycles.